The Labute approximate surface area is 119 Å². The maximum Gasteiger partial charge on any atom is 0.219 e. The van der Waals surface area contributed by atoms with Crippen LogP contribution in [0.4, 0.5) is 5.69 Å². The number of nitrogens with zero attached hydrogens (tertiary/aromatic N) is 2. The maximum absolute atomic E-state index is 11.4. The van der Waals surface area contributed by atoms with Crippen LogP contribution in [0.5, 0.6) is 5.75 Å². The third-order valence-corrected chi connectivity index (χ3v) is 3.75. The second-order valence-electron chi connectivity index (χ2n) is 5.06. The molecule has 1 heterocycles. The lowest BCUT2D eigenvalue weighted by Gasteiger charge is -2.37. The minimum atomic E-state index is -0.591. The summed E-state index contributed by atoms with van der Waals surface area (Å²) in [5.74, 6) is 0.817. The van der Waals surface area contributed by atoms with Crippen LogP contribution in [0, 0.1) is 0 Å². The van der Waals surface area contributed by atoms with Crippen LogP contribution in [0.15, 0.2) is 18.2 Å². The summed E-state index contributed by atoms with van der Waals surface area (Å²) in [6, 6.07) is 5.78. The zero-order chi connectivity index (χ0) is 14.7. The largest absolute Gasteiger partial charge is 0.496 e. The highest BCUT2D eigenvalue weighted by Gasteiger charge is 2.23. The van der Waals surface area contributed by atoms with E-state index < -0.39 is 6.10 Å². The van der Waals surface area contributed by atoms with Gasteiger partial charge in [-0.25, -0.2) is 0 Å². The number of anilines is 1. The van der Waals surface area contributed by atoms with Crippen molar-refractivity contribution in [3.63, 3.8) is 0 Å². The number of piperazine rings is 1. The van der Waals surface area contributed by atoms with Crippen molar-refractivity contribution in [3.05, 3.63) is 23.8 Å². The summed E-state index contributed by atoms with van der Waals surface area (Å²) in [6.07, 6.45) is -0.591. The van der Waals surface area contributed by atoms with Crippen LogP contribution < -0.4 is 9.64 Å². The van der Waals surface area contributed by atoms with Crippen LogP contribution >= 0.6 is 0 Å². The van der Waals surface area contributed by atoms with E-state index in [-0.39, 0.29) is 5.91 Å². The van der Waals surface area contributed by atoms with Crippen molar-refractivity contribution < 1.29 is 14.6 Å². The third kappa shape index (κ3) is 2.88. The Morgan fingerprint density at radius 2 is 1.95 bits per heavy atom. The molecule has 1 aliphatic rings. The van der Waals surface area contributed by atoms with E-state index in [2.05, 4.69) is 4.90 Å². The predicted octanol–water partition coefficient (Wildman–Crippen LogP) is 1.42. The highest BCUT2D eigenvalue weighted by Crippen LogP contribution is 2.34. The van der Waals surface area contributed by atoms with E-state index in [0.29, 0.717) is 18.8 Å². The van der Waals surface area contributed by atoms with Gasteiger partial charge in [0.1, 0.15) is 5.75 Å². The van der Waals surface area contributed by atoms with Gasteiger partial charge in [0.05, 0.1) is 13.2 Å². The smallest absolute Gasteiger partial charge is 0.219 e. The Morgan fingerprint density at radius 1 is 1.30 bits per heavy atom. The first-order valence-corrected chi connectivity index (χ1v) is 6.90. The van der Waals surface area contributed by atoms with Gasteiger partial charge in [-0.1, -0.05) is 6.07 Å². The summed E-state index contributed by atoms with van der Waals surface area (Å²) in [5, 5.41) is 10.0. The van der Waals surface area contributed by atoms with E-state index in [1.165, 1.54) is 0 Å². The van der Waals surface area contributed by atoms with Crippen LogP contribution in [0.1, 0.15) is 25.5 Å². The number of hydrogen-bond acceptors (Lipinski definition) is 4. The first-order chi connectivity index (χ1) is 9.54. The number of carbonyl (C=O) groups is 1. The highest BCUT2D eigenvalue weighted by molar-refractivity contribution is 5.73. The number of methoxy groups -OCH3 is 1. The Bertz CT molecular complexity index is 480. The molecule has 1 saturated heterocycles. The Balaban J connectivity index is 2.23. The standard InChI is InChI=1S/C15H22N2O3/c1-11(18)15-13(5-4-6-14(15)20-3)17-9-7-16(8-10-17)12(2)19/h4-6,11,18H,7-10H2,1-3H3/t11-/m0/s1. The van der Waals surface area contributed by atoms with Gasteiger partial charge in [0.2, 0.25) is 5.91 Å². The number of aliphatic hydroxyl groups is 1. The van der Waals surface area contributed by atoms with Crippen molar-refractivity contribution in [1.82, 2.24) is 4.90 Å². The SMILES string of the molecule is COc1cccc(N2CCN(C(C)=O)CC2)c1[C@H](C)O. The molecule has 1 aromatic carbocycles. The van der Waals surface area contributed by atoms with Crippen LogP contribution in [0.2, 0.25) is 0 Å². The highest BCUT2D eigenvalue weighted by atomic mass is 16.5. The van der Waals surface area contributed by atoms with Crippen molar-refractivity contribution in [2.75, 3.05) is 38.2 Å². The molecule has 1 N–H and O–H groups in total. The van der Waals surface area contributed by atoms with Gasteiger partial charge >= 0.3 is 0 Å². The minimum absolute atomic E-state index is 0.117. The maximum atomic E-state index is 11.4. The van der Waals surface area contributed by atoms with Crippen molar-refractivity contribution in [1.29, 1.82) is 0 Å². The van der Waals surface area contributed by atoms with Gasteiger partial charge in [0.15, 0.2) is 0 Å². The molecule has 1 amide bonds. The van der Waals surface area contributed by atoms with Crippen molar-refractivity contribution in [2.45, 2.75) is 20.0 Å². The zero-order valence-corrected chi connectivity index (χ0v) is 12.3. The molecule has 5 heteroatoms. The molecule has 1 aliphatic heterocycles. The molecule has 5 nitrogen and oxygen atoms in total. The van der Waals surface area contributed by atoms with Gasteiger partial charge in [-0.2, -0.15) is 0 Å². The molecule has 0 aromatic heterocycles. The van der Waals surface area contributed by atoms with Gasteiger partial charge in [-0.15, -0.1) is 0 Å². The van der Waals surface area contributed by atoms with E-state index in [1.54, 1.807) is 21.0 Å². The average molecular weight is 278 g/mol. The fraction of sp³-hybridized carbons (Fsp3) is 0.533. The molecule has 0 saturated carbocycles. The number of carbonyl (C=O) groups excluding carboxylic acids is 1. The van der Waals surface area contributed by atoms with Crippen LogP contribution in [-0.4, -0.2) is 49.2 Å². The van der Waals surface area contributed by atoms with Gasteiger partial charge < -0.3 is 19.6 Å². The second-order valence-corrected chi connectivity index (χ2v) is 5.06. The molecule has 1 fully saturated rings. The van der Waals surface area contributed by atoms with Gasteiger partial charge in [0, 0.05) is 44.4 Å². The van der Waals surface area contributed by atoms with E-state index in [1.807, 2.05) is 23.1 Å². The summed E-state index contributed by atoms with van der Waals surface area (Å²) in [6.45, 7) is 6.31. The summed E-state index contributed by atoms with van der Waals surface area (Å²) < 4.78 is 5.35. The molecule has 1 aromatic rings. The fourth-order valence-electron chi connectivity index (χ4n) is 2.67. The molecule has 0 aliphatic carbocycles. The van der Waals surface area contributed by atoms with Crippen LogP contribution in [0.25, 0.3) is 0 Å². The summed E-state index contributed by atoms with van der Waals surface area (Å²) in [7, 11) is 1.61. The molecule has 20 heavy (non-hydrogen) atoms. The van der Waals surface area contributed by atoms with Gasteiger partial charge in [-0.05, 0) is 19.1 Å². The molecule has 2 rings (SSSR count). The third-order valence-electron chi connectivity index (χ3n) is 3.75. The van der Waals surface area contributed by atoms with Gasteiger partial charge in [-0.3, -0.25) is 4.79 Å². The molecule has 1 atom stereocenters. The second kappa shape index (κ2) is 6.13. The Hall–Kier alpha value is -1.75. The summed E-state index contributed by atoms with van der Waals surface area (Å²) in [5.41, 5.74) is 1.80. The first kappa shape index (κ1) is 14.7. The first-order valence-electron chi connectivity index (χ1n) is 6.90. The van der Waals surface area contributed by atoms with E-state index in [4.69, 9.17) is 4.74 Å². The number of aliphatic hydroxyl groups excluding tert-OH is 1. The van der Waals surface area contributed by atoms with E-state index in [0.717, 1.165) is 24.3 Å². The molecule has 0 radical (unpaired) electrons. The van der Waals surface area contributed by atoms with E-state index in [9.17, 15) is 9.90 Å². The molecule has 0 bridgehead atoms. The molecule has 0 unspecified atom stereocenters. The lowest BCUT2D eigenvalue weighted by Crippen LogP contribution is -2.48. The Kier molecular flexibility index (Phi) is 4.49. The minimum Gasteiger partial charge on any atom is -0.496 e. The number of ether oxygens (including phenoxy) is 1. The quantitative estimate of drug-likeness (QED) is 0.908. The number of amides is 1. The topological polar surface area (TPSA) is 53.0 Å². The number of hydrogen-bond donors (Lipinski definition) is 1. The monoisotopic (exact) mass is 278 g/mol. The Morgan fingerprint density at radius 3 is 2.45 bits per heavy atom. The molecular formula is C15H22N2O3. The zero-order valence-electron chi connectivity index (χ0n) is 12.3. The fourth-order valence-corrected chi connectivity index (χ4v) is 2.67. The van der Waals surface area contributed by atoms with E-state index >= 15 is 0 Å². The van der Waals surface area contributed by atoms with Crippen molar-refractivity contribution in [3.8, 4) is 5.75 Å². The average Bonchev–Trinajstić information content (AvgIpc) is 2.46. The van der Waals surface area contributed by atoms with Crippen LogP contribution in [0.3, 0.4) is 0 Å². The van der Waals surface area contributed by atoms with Crippen molar-refractivity contribution >= 4 is 11.6 Å². The lowest BCUT2D eigenvalue weighted by molar-refractivity contribution is -0.129. The predicted molar refractivity (Wildman–Crippen MR) is 78.1 cm³/mol. The molecular weight excluding hydrogens is 256 g/mol. The molecule has 110 valence electrons. The molecule has 0 spiro atoms. The number of benzene rings is 1. The number of rotatable bonds is 3. The lowest BCUT2D eigenvalue weighted by atomic mass is 10.0. The summed E-state index contributed by atoms with van der Waals surface area (Å²) in [4.78, 5) is 15.4. The van der Waals surface area contributed by atoms with Crippen LogP contribution in [-0.2, 0) is 4.79 Å². The van der Waals surface area contributed by atoms with Crippen molar-refractivity contribution in [2.24, 2.45) is 0 Å². The summed E-state index contributed by atoms with van der Waals surface area (Å²) >= 11 is 0. The normalized spacial score (nSPS) is 17.0. The van der Waals surface area contributed by atoms with Gasteiger partial charge in [0.25, 0.3) is 0 Å².